The molecule has 0 radical (unpaired) electrons. The number of carboxylic acid groups (broad SMARTS) is 1. The van der Waals surface area contributed by atoms with Crippen LogP contribution in [0.4, 0.5) is 5.69 Å². The van der Waals surface area contributed by atoms with Crippen LogP contribution in [0, 0.1) is 0 Å². The summed E-state index contributed by atoms with van der Waals surface area (Å²) < 4.78 is 0.650. The number of carbonyl (C=O) groups excluding carboxylic acids is 1. The summed E-state index contributed by atoms with van der Waals surface area (Å²) in [6.07, 6.45) is 0.872. The Hall–Kier alpha value is -1.66. The Morgan fingerprint density at radius 1 is 1.30 bits per heavy atom. The quantitative estimate of drug-likeness (QED) is 0.871. The number of aryl methyl sites for hydroxylation is 1. The van der Waals surface area contributed by atoms with E-state index in [9.17, 15) is 9.59 Å². The molecule has 1 aromatic carbocycles. The molecule has 0 fully saturated rings. The fourth-order valence-electron chi connectivity index (χ4n) is 1.68. The normalized spacial score (nSPS) is 10.3. The van der Waals surface area contributed by atoms with Crippen molar-refractivity contribution in [3.8, 4) is 0 Å². The highest BCUT2D eigenvalue weighted by atomic mass is 79.9. The molecule has 0 aliphatic rings. The van der Waals surface area contributed by atoms with Crippen LogP contribution in [0.3, 0.4) is 0 Å². The predicted octanol–water partition coefficient (Wildman–Crippen LogP) is 4.02. The highest BCUT2D eigenvalue weighted by molar-refractivity contribution is 9.10. The van der Waals surface area contributed by atoms with Gasteiger partial charge in [-0.2, -0.15) is 0 Å². The van der Waals surface area contributed by atoms with E-state index in [4.69, 9.17) is 5.11 Å². The van der Waals surface area contributed by atoms with Gasteiger partial charge in [-0.1, -0.05) is 22.9 Å². The summed E-state index contributed by atoms with van der Waals surface area (Å²) in [5.41, 5.74) is 0.345. The molecular formula is C14H12BrNO3S. The number of benzene rings is 1. The molecule has 0 spiro atoms. The van der Waals surface area contributed by atoms with Crippen LogP contribution < -0.4 is 5.32 Å². The number of carbonyl (C=O) groups is 2. The molecule has 2 aromatic rings. The monoisotopic (exact) mass is 353 g/mol. The van der Waals surface area contributed by atoms with Crippen LogP contribution in [0.5, 0.6) is 0 Å². The second-order valence-corrected chi connectivity index (χ2v) is 6.15. The van der Waals surface area contributed by atoms with E-state index in [1.54, 1.807) is 18.2 Å². The standard InChI is InChI=1S/C14H12BrNO3S/c1-2-9-4-6-12(20-9)13(17)16-11-5-3-8(15)7-10(11)14(18)19/h3-7H,2H2,1H3,(H,16,17)(H,18,19). The van der Waals surface area contributed by atoms with Gasteiger partial charge in [-0.25, -0.2) is 4.79 Å². The maximum Gasteiger partial charge on any atom is 0.337 e. The smallest absolute Gasteiger partial charge is 0.337 e. The van der Waals surface area contributed by atoms with Crippen LogP contribution in [-0.2, 0) is 6.42 Å². The summed E-state index contributed by atoms with van der Waals surface area (Å²) >= 11 is 4.62. The van der Waals surface area contributed by atoms with Gasteiger partial charge in [0.2, 0.25) is 0 Å². The molecule has 0 aliphatic carbocycles. The third-order valence-corrected chi connectivity index (χ3v) is 4.42. The summed E-state index contributed by atoms with van der Waals surface area (Å²) in [5.74, 6) is -1.37. The SMILES string of the molecule is CCc1ccc(C(=O)Nc2ccc(Br)cc2C(=O)O)s1. The molecule has 1 amide bonds. The molecule has 1 aromatic heterocycles. The number of hydrogen-bond donors (Lipinski definition) is 2. The van der Waals surface area contributed by atoms with Gasteiger partial charge in [-0.3, -0.25) is 4.79 Å². The Bertz CT molecular complexity index is 666. The molecule has 2 N–H and O–H groups in total. The van der Waals surface area contributed by atoms with Gasteiger partial charge >= 0.3 is 5.97 Å². The van der Waals surface area contributed by atoms with Gasteiger partial charge in [0.05, 0.1) is 16.1 Å². The molecule has 0 unspecified atom stereocenters. The van der Waals surface area contributed by atoms with E-state index >= 15 is 0 Å². The number of carboxylic acids is 1. The van der Waals surface area contributed by atoms with Crippen molar-refractivity contribution in [2.24, 2.45) is 0 Å². The van der Waals surface area contributed by atoms with Crippen LogP contribution in [-0.4, -0.2) is 17.0 Å². The zero-order valence-electron chi connectivity index (χ0n) is 10.6. The van der Waals surface area contributed by atoms with Crippen molar-refractivity contribution in [3.05, 3.63) is 50.1 Å². The average Bonchev–Trinajstić information content (AvgIpc) is 2.89. The summed E-state index contributed by atoms with van der Waals surface area (Å²) in [6.45, 7) is 2.02. The lowest BCUT2D eigenvalue weighted by molar-refractivity contribution is 0.0698. The second-order valence-electron chi connectivity index (χ2n) is 4.07. The van der Waals surface area contributed by atoms with Gasteiger partial charge in [0.15, 0.2) is 0 Å². The molecular weight excluding hydrogens is 342 g/mol. The lowest BCUT2D eigenvalue weighted by Crippen LogP contribution is -2.13. The van der Waals surface area contributed by atoms with Gasteiger partial charge in [-0.05, 0) is 36.8 Å². The van der Waals surface area contributed by atoms with E-state index in [-0.39, 0.29) is 17.2 Å². The zero-order valence-corrected chi connectivity index (χ0v) is 13.0. The van der Waals surface area contributed by atoms with Crippen molar-refractivity contribution in [3.63, 3.8) is 0 Å². The molecule has 1 heterocycles. The van der Waals surface area contributed by atoms with Crippen LogP contribution in [0.1, 0.15) is 31.8 Å². The number of halogens is 1. The minimum atomic E-state index is -1.08. The summed E-state index contributed by atoms with van der Waals surface area (Å²) in [5, 5.41) is 11.8. The Kier molecular flexibility index (Phi) is 4.57. The maximum atomic E-state index is 12.1. The third kappa shape index (κ3) is 3.26. The van der Waals surface area contributed by atoms with Gasteiger partial charge in [0.25, 0.3) is 5.91 Å². The summed E-state index contributed by atoms with van der Waals surface area (Å²) in [7, 11) is 0. The first-order valence-electron chi connectivity index (χ1n) is 5.94. The van der Waals surface area contributed by atoms with Gasteiger partial charge in [-0.15, -0.1) is 11.3 Å². The van der Waals surface area contributed by atoms with Crippen molar-refractivity contribution >= 4 is 44.8 Å². The number of rotatable bonds is 4. The number of aromatic carboxylic acids is 1. The number of anilines is 1. The molecule has 6 heteroatoms. The predicted molar refractivity (Wildman–Crippen MR) is 82.8 cm³/mol. The third-order valence-electron chi connectivity index (χ3n) is 2.69. The van der Waals surface area contributed by atoms with Crippen molar-refractivity contribution in [1.82, 2.24) is 0 Å². The van der Waals surface area contributed by atoms with E-state index in [2.05, 4.69) is 21.2 Å². The molecule has 0 aliphatic heterocycles. The minimum Gasteiger partial charge on any atom is -0.478 e. The summed E-state index contributed by atoms with van der Waals surface area (Å²) in [6, 6.07) is 8.37. The number of amides is 1. The first-order chi connectivity index (χ1) is 9.51. The van der Waals surface area contributed by atoms with Crippen LogP contribution >= 0.6 is 27.3 Å². The fourth-order valence-corrected chi connectivity index (χ4v) is 2.88. The first-order valence-corrected chi connectivity index (χ1v) is 7.55. The lowest BCUT2D eigenvalue weighted by atomic mass is 10.2. The van der Waals surface area contributed by atoms with Crippen molar-refractivity contribution < 1.29 is 14.7 Å². The van der Waals surface area contributed by atoms with Gasteiger partial charge in [0.1, 0.15) is 0 Å². The topological polar surface area (TPSA) is 66.4 Å². The number of thiophene rings is 1. The number of nitrogens with one attached hydrogen (secondary N) is 1. The molecule has 0 atom stereocenters. The van der Waals surface area contributed by atoms with Crippen molar-refractivity contribution in [1.29, 1.82) is 0 Å². The van der Waals surface area contributed by atoms with Gasteiger partial charge in [0, 0.05) is 9.35 Å². The van der Waals surface area contributed by atoms with E-state index in [1.807, 2.05) is 13.0 Å². The highest BCUT2D eigenvalue weighted by Crippen LogP contribution is 2.23. The zero-order chi connectivity index (χ0) is 14.7. The summed E-state index contributed by atoms with van der Waals surface area (Å²) in [4.78, 5) is 25.0. The molecule has 0 saturated heterocycles. The van der Waals surface area contributed by atoms with Crippen molar-refractivity contribution in [2.45, 2.75) is 13.3 Å². The molecule has 20 heavy (non-hydrogen) atoms. The highest BCUT2D eigenvalue weighted by Gasteiger charge is 2.15. The maximum absolute atomic E-state index is 12.1. The first kappa shape index (κ1) is 14.7. The van der Waals surface area contributed by atoms with Crippen LogP contribution in [0.2, 0.25) is 0 Å². The van der Waals surface area contributed by atoms with E-state index in [0.29, 0.717) is 9.35 Å². The van der Waals surface area contributed by atoms with E-state index in [1.165, 1.54) is 17.4 Å². The second kappa shape index (κ2) is 6.19. The Morgan fingerprint density at radius 3 is 2.65 bits per heavy atom. The minimum absolute atomic E-state index is 0.0556. The Labute approximate surface area is 128 Å². The number of hydrogen-bond acceptors (Lipinski definition) is 3. The largest absolute Gasteiger partial charge is 0.478 e. The van der Waals surface area contributed by atoms with Crippen LogP contribution in [0.15, 0.2) is 34.8 Å². The lowest BCUT2D eigenvalue weighted by Gasteiger charge is -2.07. The molecule has 0 bridgehead atoms. The molecule has 0 saturated carbocycles. The molecule has 4 nitrogen and oxygen atoms in total. The Morgan fingerprint density at radius 2 is 2.05 bits per heavy atom. The molecule has 104 valence electrons. The van der Waals surface area contributed by atoms with Crippen LogP contribution in [0.25, 0.3) is 0 Å². The van der Waals surface area contributed by atoms with E-state index < -0.39 is 5.97 Å². The van der Waals surface area contributed by atoms with E-state index in [0.717, 1.165) is 11.3 Å². The fraction of sp³-hybridized carbons (Fsp3) is 0.143. The Balaban J connectivity index is 2.25. The average molecular weight is 354 g/mol. The van der Waals surface area contributed by atoms with Crippen molar-refractivity contribution in [2.75, 3.05) is 5.32 Å². The van der Waals surface area contributed by atoms with Gasteiger partial charge < -0.3 is 10.4 Å². The molecule has 2 rings (SSSR count).